The van der Waals surface area contributed by atoms with Crippen LogP contribution in [0.5, 0.6) is 0 Å². The molecule has 168 valence electrons. The molecule has 4 rings (SSSR count). The monoisotopic (exact) mass is 443 g/mol. The van der Waals surface area contributed by atoms with Crippen molar-refractivity contribution < 1.29 is 9.72 Å². The van der Waals surface area contributed by atoms with Gasteiger partial charge in [0.2, 0.25) is 0 Å². The average Bonchev–Trinajstić information content (AvgIpc) is 3.42. The van der Waals surface area contributed by atoms with E-state index in [1.165, 1.54) is 0 Å². The lowest BCUT2D eigenvalue weighted by atomic mass is 10.1. The zero-order valence-corrected chi connectivity index (χ0v) is 18.7. The molecule has 0 aliphatic heterocycles. The fourth-order valence-electron chi connectivity index (χ4n) is 3.86. The van der Waals surface area contributed by atoms with Crippen LogP contribution in [0.2, 0.25) is 0 Å². The predicted octanol–water partition coefficient (Wildman–Crippen LogP) is 4.74. The molecule has 0 spiro atoms. The van der Waals surface area contributed by atoms with E-state index >= 15 is 0 Å². The van der Waals surface area contributed by atoms with E-state index in [-0.39, 0.29) is 17.6 Å². The van der Waals surface area contributed by atoms with E-state index in [9.17, 15) is 14.9 Å². The number of aryl methyl sites for hydroxylation is 1. The van der Waals surface area contributed by atoms with Gasteiger partial charge in [0.25, 0.3) is 5.91 Å². The minimum absolute atomic E-state index is 0.0424. The van der Waals surface area contributed by atoms with Gasteiger partial charge in [-0.25, -0.2) is 0 Å². The molecule has 0 saturated heterocycles. The summed E-state index contributed by atoms with van der Waals surface area (Å²) in [5.74, 6) is -0.165. The van der Waals surface area contributed by atoms with Gasteiger partial charge in [-0.15, -0.1) is 0 Å². The van der Waals surface area contributed by atoms with Gasteiger partial charge in [-0.3, -0.25) is 19.6 Å². The number of hydrogen-bond donors (Lipinski definition) is 1. The number of amides is 1. The van der Waals surface area contributed by atoms with Crippen LogP contribution in [0.25, 0.3) is 5.69 Å². The largest absolute Gasteiger partial charge is 0.346 e. The van der Waals surface area contributed by atoms with Gasteiger partial charge >= 0.3 is 5.69 Å². The second-order valence-electron chi connectivity index (χ2n) is 8.01. The molecule has 1 N–H and O–H groups in total. The van der Waals surface area contributed by atoms with Crippen LogP contribution in [0.3, 0.4) is 0 Å². The lowest BCUT2D eigenvalue weighted by Crippen LogP contribution is -2.26. The van der Waals surface area contributed by atoms with Crippen molar-refractivity contribution in [2.45, 2.75) is 33.4 Å². The number of nitro groups is 1. The van der Waals surface area contributed by atoms with Gasteiger partial charge in [-0.2, -0.15) is 5.10 Å². The van der Waals surface area contributed by atoms with Crippen LogP contribution in [0.15, 0.2) is 73.1 Å². The SMILES string of the molecule is Cc1nn(Cc2ccc(C(=O)N[C@H](C)c3cccc(-n4cccc4)c3)cc2)c(C)c1[N+](=O)[O-]. The molecule has 8 heteroatoms. The molecule has 2 aromatic heterocycles. The lowest BCUT2D eigenvalue weighted by molar-refractivity contribution is -0.386. The van der Waals surface area contributed by atoms with E-state index in [4.69, 9.17) is 0 Å². The number of carbonyl (C=O) groups is 1. The maximum absolute atomic E-state index is 12.8. The molecule has 4 aromatic rings. The second-order valence-corrected chi connectivity index (χ2v) is 8.01. The smallest absolute Gasteiger partial charge is 0.312 e. The summed E-state index contributed by atoms with van der Waals surface area (Å²) in [5.41, 5.74) is 4.44. The predicted molar refractivity (Wildman–Crippen MR) is 126 cm³/mol. The van der Waals surface area contributed by atoms with E-state index in [0.717, 1.165) is 16.8 Å². The van der Waals surface area contributed by atoms with E-state index in [2.05, 4.69) is 16.5 Å². The molecular formula is C25H25N5O3. The zero-order chi connectivity index (χ0) is 23.5. The number of carbonyl (C=O) groups excluding carboxylic acids is 1. The van der Waals surface area contributed by atoms with E-state index < -0.39 is 4.92 Å². The first-order valence-electron chi connectivity index (χ1n) is 10.6. The van der Waals surface area contributed by atoms with Crippen LogP contribution in [-0.2, 0) is 6.54 Å². The fraction of sp³-hybridized carbons (Fsp3) is 0.200. The molecule has 2 heterocycles. The summed E-state index contributed by atoms with van der Waals surface area (Å²) < 4.78 is 3.64. The van der Waals surface area contributed by atoms with Crippen LogP contribution in [0.4, 0.5) is 5.69 Å². The molecule has 8 nitrogen and oxygen atoms in total. The summed E-state index contributed by atoms with van der Waals surface area (Å²) in [6.45, 7) is 5.67. The number of aromatic nitrogens is 3. The molecule has 0 saturated carbocycles. The second kappa shape index (κ2) is 9.12. The van der Waals surface area contributed by atoms with Crippen molar-refractivity contribution in [3.05, 3.63) is 111 Å². The number of nitrogens with one attached hydrogen (secondary N) is 1. The van der Waals surface area contributed by atoms with Crippen LogP contribution in [0, 0.1) is 24.0 Å². The Bertz CT molecular complexity index is 1290. The fourth-order valence-corrected chi connectivity index (χ4v) is 3.86. The Labute approximate surface area is 191 Å². The van der Waals surface area contributed by atoms with E-state index in [1.807, 2.05) is 66.3 Å². The van der Waals surface area contributed by atoms with Crippen molar-refractivity contribution in [1.29, 1.82) is 0 Å². The Hall–Kier alpha value is -4.20. The topological polar surface area (TPSA) is 95.0 Å². The normalized spacial score (nSPS) is 11.8. The van der Waals surface area contributed by atoms with Gasteiger partial charge < -0.3 is 9.88 Å². The number of nitrogens with zero attached hydrogens (tertiary/aromatic N) is 4. The Kier molecular flexibility index (Phi) is 6.08. The van der Waals surface area contributed by atoms with Crippen LogP contribution in [0.1, 0.15) is 45.8 Å². The molecule has 0 fully saturated rings. The van der Waals surface area contributed by atoms with E-state index in [0.29, 0.717) is 23.5 Å². The Balaban J connectivity index is 1.43. The molecule has 0 aliphatic rings. The Morgan fingerprint density at radius 1 is 1.09 bits per heavy atom. The minimum atomic E-state index is -0.406. The number of rotatable bonds is 7. The summed E-state index contributed by atoms with van der Waals surface area (Å²) in [6, 6.07) is 19.0. The molecule has 33 heavy (non-hydrogen) atoms. The average molecular weight is 444 g/mol. The zero-order valence-electron chi connectivity index (χ0n) is 18.7. The van der Waals surface area contributed by atoms with Crippen LogP contribution < -0.4 is 5.32 Å². The molecule has 1 atom stereocenters. The quantitative estimate of drug-likeness (QED) is 0.330. The summed E-state index contributed by atoms with van der Waals surface area (Å²) >= 11 is 0. The maximum Gasteiger partial charge on any atom is 0.312 e. The first kappa shape index (κ1) is 22.0. The van der Waals surface area contributed by atoms with Crippen molar-refractivity contribution in [2.24, 2.45) is 0 Å². The van der Waals surface area contributed by atoms with Gasteiger partial charge in [0, 0.05) is 23.6 Å². The summed E-state index contributed by atoms with van der Waals surface area (Å²) in [5, 5.41) is 18.5. The summed E-state index contributed by atoms with van der Waals surface area (Å²) in [7, 11) is 0. The lowest BCUT2D eigenvalue weighted by Gasteiger charge is -2.16. The number of hydrogen-bond acceptors (Lipinski definition) is 4. The van der Waals surface area contributed by atoms with Crippen LogP contribution in [-0.4, -0.2) is 25.2 Å². The Morgan fingerprint density at radius 3 is 2.42 bits per heavy atom. The molecular weight excluding hydrogens is 418 g/mol. The molecule has 0 bridgehead atoms. The van der Waals surface area contributed by atoms with Gasteiger partial charge in [-0.1, -0.05) is 24.3 Å². The van der Waals surface area contributed by atoms with Crippen molar-refractivity contribution in [3.63, 3.8) is 0 Å². The molecule has 0 unspecified atom stereocenters. The highest BCUT2D eigenvalue weighted by atomic mass is 16.6. The third kappa shape index (κ3) is 4.69. The third-order valence-corrected chi connectivity index (χ3v) is 5.69. The molecule has 0 aliphatic carbocycles. The molecule has 1 amide bonds. The molecule has 0 radical (unpaired) electrons. The van der Waals surface area contributed by atoms with Gasteiger partial charge in [0.1, 0.15) is 11.4 Å². The highest BCUT2D eigenvalue weighted by Gasteiger charge is 2.21. The van der Waals surface area contributed by atoms with Crippen LogP contribution >= 0.6 is 0 Å². The van der Waals surface area contributed by atoms with Gasteiger partial charge in [0.05, 0.1) is 17.5 Å². The highest BCUT2D eigenvalue weighted by molar-refractivity contribution is 5.94. The van der Waals surface area contributed by atoms with Crippen molar-refractivity contribution in [2.75, 3.05) is 0 Å². The van der Waals surface area contributed by atoms with Gasteiger partial charge in [0.15, 0.2) is 0 Å². The highest BCUT2D eigenvalue weighted by Crippen LogP contribution is 2.23. The minimum Gasteiger partial charge on any atom is -0.346 e. The number of benzene rings is 2. The van der Waals surface area contributed by atoms with Crippen molar-refractivity contribution in [1.82, 2.24) is 19.7 Å². The first-order valence-corrected chi connectivity index (χ1v) is 10.6. The standard InChI is InChI=1S/C25H25N5O3/c1-17(22-7-6-8-23(15-22)28-13-4-5-14-28)26-25(31)21-11-9-20(10-12-21)16-29-19(3)24(30(32)33)18(2)27-29/h4-15,17H,16H2,1-3H3,(H,26,31)/t17-/m1/s1. The van der Waals surface area contributed by atoms with Crippen molar-refractivity contribution >= 4 is 11.6 Å². The summed E-state index contributed by atoms with van der Waals surface area (Å²) in [4.78, 5) is 23.6. The van der Waals surface area contributed by atoms with Gasteiger partial charge in [-0.05, 0) is 68.3 Å². The maximum atomic E-state index is 12.8. The van der Waals surface area contributed by atoms with Crippen molar-refractivity contribution in [3.8, 4) is 5.69 Å². The summed E-state index contributed by atoms with van der Waals surface area (Å²) in [6.07, 6.45) is 3.96. The van der Waals surface area contributed by atoms with E-state index in [1.54, 1.807) is 30.7 Å². The molecule has 2 aromatic carbocycles. The Morgan fingerprint density at radius 2 is 1.79 bits per heavy atom. The first-order chi connectivity index (χ1) is 15.8. The third-order valence-electron chi connectivity index (χ3n) is 5.69.